The second-order valence-corrected chi connectivity index (χ2v) is 14.4. The van der Waals surface area contributed by atoms with Crippen molar-refractivity contribution in [2.75, 3.05) is 39.3 Å². The summed E-state index contributed by atoms with van der Waals surface area (Å²) in [6.07, 6.45) is 7.27. The first kappa shape index (κ1) is 28.6. The number of halogens is 6. The Hall–Kier alpha value is -0.990. The zero-order chi connectivity index (χ0) is 26.1. The molecule has 3 heterocycles. The van der Waals surface area contributed by atoms with Crippen LogP contribution in [0.1, 0.15) is 65.6 Å². The molecule has 0 saturated carbocycles. The van der Waals surface area contributed by atoms with Crippen LogP contribution in [0.15, 0.2) is 12.1 Å². The summed E-state index contributed by atoms with van der Waals surface area (Å²) in [6.45, 7) is 12.5. The number of hydrogen-bond acceptors (Lipinski definition) is 5. The van der Waals surface area contributed by atoms with E-state index in [9.17, 15) is 30.0 Å². The van der Waals surface area contributed by atoms with Crippen molar-refractivity contribution in [1.29, 1.82) is 0 Å². The molecule has 3 fully saturated rings. The van der Waals surface area contributed by atoms with Gasteiger partial charge in [-0.1, -0.05) is 17.7 Å². The second-order valence-electron chi connectivity index (χ2n) is 9.61. The average Bonchev–Trinajstić information content (AvgIpc) is 3.47. The summed E-state index contributed by atoms with van der Waals surface area (Å²) in [6, 6.07) is 4.20. The van der Waals surface area contributed by atoms with Gasteiger partial charge >= 0.3 is 46.9 Å². The summed E-state index contributed by atoms with van der Waals surface area (Å²) < 4.78 is 73.6. The van der Waals surface area contributed by atoms with E-state index < -0.39 is 15.8 Å². The Balaban J connectivity index is 0.000000429. The zero-order valence-corrected chi connectivity index (χ0v) is 22.2. The molecule has 202 valence electrons. The summed E-state index contributed by atoms with van der Waals surface area (Å²) in [5.41, 5.74) is 4.04. The standard InChI is InChI=1S/C22H35N3O2P.F6P/c1-18-16-19(2)21(20(3)17-18)22(26)27-28(23-10-4-5-11-23,24-12-6-7-13-24)25-14-8-9-15-25;1-7(2,3,4,5)6/h16-17H,4-15H2,1-3H3;/q+1;-1. The molecule has 3 aliphatic rings. The van der Waals surface area contributed by atoms with Crippen LogP contribution in [0.4, 0.5) is 25.2 Å². The van der Waals surface area contributed by atoms with Crippen LogP contribution < -0.4 is 0 Å². The summed E-state index contributed by atoms with van der Waals surface area (Å²) in [5, 5.41) is 0. The predicted octanol–water partition coefficient (Wildman–Crippen LogP) is 8.12. The van der Waals surface area contributed by atoms with E-state index in [1.165, 1.54) is 44.1 Å². The van der Waals surface area contributed by atoms with Gasteiger partial charge < -0.3 is 0 Å². The van der Waals surface area contributed by atoms with Crippen LogP contribution in [0.5, 0.6) is 0 Å². The van der Waals surface area contributed by atoms with Crippen molar-refractivity contribution < 1.29 is 34.5 Å². The monoisotopic (exact) mass is 549 g/mol. The van der Waals surface area contributed by atoms with Gasteiger partial charge in [0.1, 0.15) is 0 Å². The minimum absolute atomic E-state index is 0.117. The van der Waals surface area contributed by atoms with Gasteiger partial charge in [-0.05, 0) is 70.4 Å². The Morgan fingerprint density at radius 1 is 0.714 bits per heavy atom. The Morgan fingerprint density at radius 3 is 1.29 bits per heavy atom. The molecule has 0 bridgehead atoms. The van der Waals surface area contributed by atoms with Crippen molar-refractivity contribution in [3.8, 4) is 0 Å². The van der Waals surface area contributed by atoms with Gasteiger partial charge in [0, 0.05) is 39.3 Å². The average molecular weight is 549 g/mol. The van der Waals surface area contributed by atoms with Crippen LogP contribution in [0.3, 0.4) is 0 Å². The molecule has 0 atom stereocenters. The van der Waals surface area contributed by atoms with Crippen LogP contribution in [0, 0.1) is 20.8 Å². The number of benzene rings is 1. The van der Waals surface area contributed by atoms with Crippen LogP contribution >= 0.6 is 15.8 Å². The number of nitrogens with zero attached hydrogens (tertiary/aromatic N) is 3. The van der Waals surface area contributed by atoms with Gasteiger partial charge in [-0.15, -0.1) is 14.0 Å². The molecule has 4 rings (SSSR count). The number of hydrogen-bond donors (Lipinski definition) is 0. The second kappa shape index (κ2) is 9.71. The molecule has 1 aromatic rings. The molecule has 3 aliphatic heterocycles. The van der Waals surface area contributed by atoms with Crippen molar-refractivity contribution >= 4 is 21.7 Å². The molecule has 0 unspecified atom stereocenters. The number of carbonyl (C=O) groups excluding carboxylic acids is 1. The summed E-state index contributed by atoms with van der Waals surface area (Å²) in [4.78, 5) is 13.6. The van der Waals surface area contributed by atoms with Crippen molar-refractivity contribution in [2.45, 2.75) is 59.3 Å². The van der Waals surface area contributed by atoms with Gasteiger partial charge in [0.25, 0.3) is 0 Å². The quantitative estimate of drug-likeness (QED) is 0.274. The van der Waals surface area contributed by atoms with Gasteiger partial charge in [-0.3, -0.25) is 0 Å². The molecule has 13 heteroatoms. The van der Waals surface area contributed by atoms with E-state index in [0.29, 0.717) is 0 Å². The molecule has 5 nitrogen and oxygen atoms in total. The van der Waals surface area contributed by atoms with E-state index in [-0.39, 0.29) is 5.97 Å². The molecular weight excluding hydrogens is 514 g/mol. The van der Waals surface area contributed by atoms with E-state index in [1.807, 2.05) is 13.8 Å². The Labute approximate surface area is 203 Å². The summed E-state index contributed by atoms with van der Waals surface area (Å²) in [7, 11) is -12.9. The molecular formula is C22H35F6N3O2P2. The van der Waals surface area contributed by atoms with E-state index in [4.69, 9.17) is 4.52 Å². The maximum absolute atomic E-state index is 13.6. The number of aryl methyl sites for hydroxylation is 3. The summed E-state index contributed by atoms with van der Waals surface area (Å²) in [5.74, 6) is -0.117. The minimum atomic E-state index is -10.7. The van der Waals surface area contributed by atoms with E-state index in [2.05, 4.69) is 33.1 Å². The Morgan fingerprint density at radius 2 is 1.00 bits per heavy atom. The van der Waals surface area contributed by atoms with Crippen LogP contribution in [-0.4, -0.2) is 59.2 Å². The van der Waals surface area contributed by atoms with Gasteiger partial charge in [0.05, 0.1) is 5.56 Å². The third-order valence-electron chi connectivity index (χ3n) is 6.44. The van der Waals surface area contributed by atoms with Crippen molar-refractivity contribution in [1.82, 2.24) is 14.0 Å². The number of rotatable bonds is 5. The SMILES string of the molecule is Cc1cc(C)c(C(=O)O[P+](N2CCCC2)(N2CCCC2)N2CCCC2)c(C)c1.F[P-](F)(F)(F)(F)F. The predicted molar refractivity (Wildman–Crippen MR) is 129 cm³/mol. The molecule has 0 aromatic heterocycles. The van der Waals surface area contributed by atoms with Crippen LogP contribution in [-0.2, 0) is 4.52 Å². The van der Waals surface area contributed by atoms with Crippen molar-refractivity contribution in [3.63, 3.8) is 0 Å². The fourth-order valence-corrected chi connectivity index (χ4v) is 9.40. The van der Waals surface area contributed by atoms with E-state index >= 15 is 0 Å². The molecule has 3 saturated heterocycles. The first-order valence-corrected chi connectivity index (χ1v) is 15.6. The zero-order valence-electron chi connectivity index (χ0n) is 20.5. The molecule has 35 heavy (non-hydrogen) atoms. The molecule has 0 radical (unpaired) electrons. The molecule has 0 N–H and O–H groups in total. The Kier molecular flexibility index (Phi) is 7.93. The van der Waals surface area contributed by atoms with Gasteiger partial charge in [0.15, 0.2) is 0 Å². The third kappa shape index (κ3) is 8.00. The fourth-order valence-electron chi connectivity index (χ4n) is 5.25. The van der Waals surface area contributed by atoms with Crippen LogP contribution in [0.2, 0.25) is 0 Å². The van der Waals surface area contributed by atoms with Crippen molar-refractivity contribution in [3.05, 3.63) is 34.4 Å². The van der Waals surface area contributed by atoms with Crippen LogP contribution in [0.25, 0.3) is 0 Å². The van der Waals surface area contributed by atoms with Gasteiger partial charge in [-0.25, -0.2) is 9.32 Å². The topological polar surface area (TPSA) is 36.0 Å². The van der Waals surface area contributed by atoms with E-state index in [0.717, 1.165) is 56.0 Å². The molecule has 1 aromatic carbocycles. The fraction of sp³-hybridized carbons (Fsp3) is 0.682. The van der Waals surface area contributed by atoms with E-state index in [1.54, 1.807) is 0 Å². The maximum atomic E-state index is 13.6. The Bertz CT molecular complexity index is 852. The summed E-state index contributed by atoms with van der Waals surface area (Å²) >= 11 is 0. The third-order valence-corrected chi connectivity index (χ3v) is 10.3. The van der Waals surface area contributed by atoms with Crippen molar-refractivity contribution in [2.24, 2.45) is 0 Å². The molecule has 0 aliphatic carbocycles. The normalized spacial score (nSPS) is 22.4. The molecule has 0 amide bonds. The van der Waals surface area contributed by atoms with Gasteiger partial charge in [0.2, 0.25) is 0 Å². The first-order valence-electron chi connectivity index (χ1n) is 12.0. The molecule has 0 spiro atoms. The van der Waals surface area contributed by atoms with Gasteiger partial charge in [-0.2, -0.15) is 0 Å². The first-order chi connectivity index (χ1) is 16.0. The number of carbonyl (C=O) groups is 1.